The quantitative estimate of drug-likeness (QED) is 0.776. The minimum atomic E-state index is -0.00661. The molecule has 4 heteroatoms. The fraction of sp³-hybridized carbons (Fsp3) is 0.545. The van der Waals surface area contributed by atoms with Crippen molar-refractivity contribution in [3.63, 3.8) is 0 Å². The summed E-state index contributed by atoms with van der Waals surface area (Å²) in [7, 11) is 3.56. The molecule has 0 spiro atoms. The number of methoxy groups -OCH3 is 2. The van der Waals surface area contributed by atoms with Crippen LogP contribution >= 0.6 is 0 Å². The van der Waals surface area contributed by atoms with E-state index in [2.05, 4.69) is 51.5 Å². The zero-order chi connectivity index (χ0) is 19.2. The molecule has 3 rings (SSSR count). The minimum Gasteiger partial charge on any atom is -0.500 e. The Morgan fingerprint density at radius 1 is 0.846 bits per heavy atom. The van der Waals surface area contributed by atoms with Gasteiger partial charge in [-0.05, 0) is 62.8 Å². The van der Waals surface area contributed by atoms with Crippen LogP contribution in [0.3, 0.4) is 0 Å². The van der Waals surface area contributed by atoms with Crippen molar-refractivity contribution in [2.24, 2.45) is 0 Å². The van der Waals surface area contributed by atoms with Gasteiger partial charge in [0.05, 0.1) is 18.7 Å². The highest BCUT2D eigenvalue weighted by Crippen LogP contribution is 2.51. The average Bonchev–Trinajstić information content (AvgIpc) is 3.03. The molecular formula is C22H32N2O2. The first-order valence-corrected chi connectivity index (χ1v) is 9.58. The number of ether oxygens (including phenoxy) is 2. The molecular weight excluding hydrogens is 324 g/mol. The zero-order valence-corrected chi connectivity index (χ0v) is 17.4. The van der Waals surface area contributed by atoms with Crippen molar-refractivity contribution in [1.29, 1.82) is 0 Å². The molecule has 26 heavy (non-hydrogen) atoms. The Balaban J connectivity index is 2.14. The third-order valence-electron chi connectivity index (χ3n) is 6.12. The van der Waals surface area contributed by atoms with E-state index in [4.69, 9.17) is 9.47 Å². The molecule has 1 aliphatic carbocycles. The van der Waals surface area contributed by atoms with Gasteiger partial charge in [-0.1, -0.05) is 13.8 Å². The average molecular weight is 357 g/mol. The van der Waals surface area contributed by atoms with Crippen molar-refractivity contribution in [3.05, 3.63) is 50.8 Å². The van der Waals surface area contributed by atoms with E-state index >= 15 is 0 Å². The first-order valence-electron chi connectivity index (χ1n) is 9.58. The summed E-state index contributed by atoms with van der Waals surface area (Å²) in [5.41, 5.74) is 11.5. The third-order valence-corrected chi connectivity index (χ3v) is 6.12. The van der Waals surface area contributed by atoms with Crippen LogP contribution in [-0.4, -0.2) is 30.3 Å². The molecule has 0 saturated heterocycles. The van der Waals surface area contributed by atoms with Crippen molar-refractivity contribution in [2.45, 2.75) is 66.4 Å². The van der Waals surface area contributed by atoms with Crippen LogP contribution in [0.2, 0.25) is 0 Å². The van der Waals surface area contributed by atoms with E-state index in [9.17, 15) is 0 Å². The summed E-state index contributed by atoms with van der Waals surface area (Å²) >= 11 is 0. The lowest BCUT2D eigenvalue weighted by Crippen LogP contribution is -2.36. The van der Waals surface area contributed by atoms with Crippen LogP contribution < -0.4 is 0 Å². The molecule has 0 amide bonds. The number of aromatic amines is 2. The van der Waals surface area contributed by atoms with E-state index in [0.29, 0.717) is 0 Å². The highest BCUT2D eigenvalue weighted by molar-refractivity contribution is 5.81. The van der Waals surface area contributed by atoms with Crippen LogP contribution in [0, 0.1) is 27.7 Å². The van der Waals surface area contributed by atoms with E-state index in [0.717, 1.165) is 29.9 Å². The van der Waals surface area contributed by atoms with Gasteiger partial charge in [-0.3, -0.25) is 0 Å². The summed E-state index contributed by atoms with van der Waals surface area (Å²) in [5.74, 6) is 1.13. The monoisotopic (exact) mass is 356 g/mol. The Kier molecular flexibility index (Phi) is 5.07. The van der Waals surface area contributed by atoms with E-state index in [1.54, 1.807) is 14.2 Å². The Morgan fingerprint density at radius 3 is 1.88 bits per heavy atom. The van der Waals surface area contributed by atoms with Crippen molar-refractivity contribution >= 4 is 5.57 Å². The van der Waals surface area contributed by atoms with Crippen LogP contribution in [0.5, 0.6) is 0 Å². The summed E-state index contributed by atoms with van der Waals surface area (Å²) in [6, 6.07) is 0. The zero-order valence-electron chi connectivity index (χ0n) is 17.4. The number of aryl methyl sites for hydroxylation is 2. The van der Waals surface area contributed by atoms with Gasteiger partial charge in [-0.25, -0.2) is 0 Å². The smallest absolute Gasteiger partial charge is 0.115 e. The van der Waals surface area contributed by atoms with Gasteiger partial charge in [-0.15, -0.1) is 0 Å². The predicted molar refractivity (Wildman–Crippen MR) is 107 cm³/mol. The number of hydrogen-bond donors (Lipinski definition) is 2. The summed E-state index contributed by atoms with van der Waals surface area (Å²) in [6.45, 7) is 13.1. The molecule has 0 fully saturated rings. The van der Waals surface area contributed by atoms with Crippen LogP contribution in [0.25, 0.3) is 5.57 Å². The maximum Gasteiger partial charge on any atom is 0.115 e. The highest BCUT2D eigenvalue weighted by Gasteiger charge is 2.46. The number of nitrogens with one attached hydrogen (secondary N) is 2. The fourth-order valence-electron chi connectivity index (χ4n) is 4.80. The van der Waals surface area contributed by atoms with Gasteiger partial charge in [0.1, 0.15) is 11.9 Å². The Morgan fingerprint density at radius 2 is 1.42 bits per heavy atom. The molecule has 4 nitrogen and oxygen atoms in total. The second-order valence-corrected chi connectivity index (χ2v) is 7.32. The van der Waals surface area contributed by atoms with Gasteiger partial charge >= 0.3 is 0 Å². The Hall–Kier alpha value is -1.94. The van der Waals surface area contributed by atoms with Crippen LogP contribution in [-0.2, 0) is 22.3 Å². The normalized spacial score (nSPS) is 19.8. The lowest BCUT2D eigenvalue weighted by atomic mass is 9.75. The first-order chi connectivity index (χ1) is 12.4. The van der Waals surface area contributed by atoms with Crippen molar-refractivity contribution in [1.82, 2.24) is 9.97 Å². The fourth-order valence-corrected chi connectivity index (χ4v) is 4.80. The van der Waals surface area contributed by atoms with Gasteiger partial charge in [-0.2, -0.15) is 0 Å². The number of aromatic nitrogens is 2. The van der Waals surface area contributed by atoms with Crippen LogP contribution in [0.4, 0.5) is 0 Å². The second-order valence-electron chi connectivity index (χ2n) is 7.32. The Labute approximate surface area is 157 Å². The molecule has 0 radical (unpaired) electrons. The predicted octanol–water partition coefficient (Wildman–Crippen LogP) is 4.87. The molecule has 2 unspecified atom stereocenters. The molecule has 0 saturated carbocycles. The van der Waals surface area contributed by atoms with Crippen molar-refractivity contribution in [3.8, 4) is 0 Å². The summed E-state index contributed by atoms with van der Waals surface area (Å²) in [4.78, 5) is 7.19. The molecule has 0 bridgehead atoms. The van der Waals surface area contributed by atoms with E-state index < -0.39 is 0 Å². The van der Waals surface area contributed by atoms with Gasteiger partial charge in [0, 0.05) is 29.8 Å². The summed E-state index contributed by atoms with van der Waals surface area (Å²) in [5, 5.41) is 0. The maximum absolute atomic E-state index is 5.95. The molecule has 2 aromatic heterocycles. The van der Waals surface area contributed by atoms with Gasteiger partial charge in [0.25, 0.3) is 0 Å². The summed E-state index contributed by atoms with van der Waals surface area (Å²) < 4.78 is 11.8. The van der Waals surface area contributed by atoms with Gasteiger partial charge < -0.3 is 19.4 Å². The van der Waals surface area contributed by atoms with E-state index in [1.807, 2.05) is 0 Å². The van der Waals surface area contributed by atoms with Crippen LogP contribution in [0.1, 0.15) is 64.8 Å². The molecule has 1 aliphatic rings. The molecule has 2 atom stereocenters. The molecule has 142 valence electrons. The third kappa shape index (κ3) is 2.54. The molecule has 2 heterocycles. The largest absolute Gasteiger partial charge is 0.500 e. The van der Waals surface area contributed by atoms with Crippen molar-refractivity contribution < 1.29 is 9.47 Å². The molecule has 2 N–H and O–H groups in total. The molecule has 0 aliphatic heterocycles. The number of hydrogen-bond acceptors (Lipinski definition) is 2. The Bertz CT molecular complexity index is 854. The first kappa shape index (κ1) is 18.8. The molecule has 2 aromatic rings. The standard InChI is InChI=1S/C22H32N2O2/c1-9-15-11(3)19(23-13(15)5)17-21(25-7)18(22(17)26-8)20-12(4)16(10-2)14(6)24-20/h17,21,23-24H,9-10H2,1-8H3. The summed E-state index contributed by atoms with van der Waals surface area (Å²) in [6.07, 6.45) is 2.05. The van der Waals surface area contributed by atoms with Gasteiger partial charge in [0.2, 0.25) is 0 Å². The lowest BCUT2D eigenvalue weighted by molar-refractivity contribution is 0.0825. The topological polar surface area (TPSA) is 50.0 Å². The maximum atomic E-state index is 5.95. The van der Waals surface area contributed by atoms with Crippen molar-refractivity contribution in [2.75, 3.05) is 14.2 Å². The van der Waals surface area contributed by atoms with E-state index in [1.165, 1.54) is 39.3 Å². The SMILES string of the molecule is CCc1c(C)[nH]c(C2=C(OC)C(c3[nH]c(C)c(CC)c3C)C2OC)c1C. The minimum absolute atomic E-state index is 0.00661. The number of H-pyrrole nitrogens is 2. The van der Waals surface area contributed by atoms with Gasteiger partial charge in [0.15, 0.2) is 0 Å². The highest BCUT2D eigenvalue weighted by atomic mass is 16.5. The van der Waals surface area contributed by atoms with E-state index in [-0.39, 0.29) is 12.0 Å². The lowest BCUT2D eigenvalue weighted by Gasteiger charge is -2.39. The van der Waals surface area contributed by atoms with Crippen LogP contribution in [0.15, 0.2) is 5.76 Å². The molecule has 0 aromatic carbocycles. The second kappa shape index (κ2) is 6.99. The number of rotatable bonds is 6.